The summed E-state index contributed by atoms with van der Waals surface area (Å²) in [5.74, 6) is 0.654. The molecule has 6 nitrogen and oxygen atoms in total. The van der Waals surface area contributed by atoms with E-state index >= 15 is 0 Å². The van der Waals surface area contributed by atoms with E-state index in [1.807, 2.05) is 0 Å². The van der Waals surface area contributed by atoms with E-state index in [-0.39, 0.29) is 10.6 Å². The van der Waals surface area contributed by atoms with Crippen LogP contribution in [0.3, 0.4) is 0 Å². The highest BCUT2D eigenvalue weighted by molar-refractivity contribution is 7.92. The van der Waals surface area contributed by atoms with Crippen LogP contribution in [0.4, 0.5) is 11.4 Å². The molecule has 0 unspecified atom stereocenters. The summed E-state index contributed by atoms with van der Waals surface area (Å²) < 4.78 is 32.8. The number of hydrogen-bond donors (Lipinski definition) is 2. The minimum Gasteiger partial charge on any atom is -0.507 e. The van der Waals surface area contributed by atoms with Crippen molar-refractivity contribution in [1.29, 1.82) is 0 Å². The van der Waals surface area contributed by atoms with Gasteiger partial charge in [0, 0.05) is 22.5 Å². The maximum atomic E-state index is 12.6. The van der Waals surface area contributed by atoms with Crippen molar-refractivity contribution in [1.82, 2.24) is 0 Å². The minimum absolute atomic E-state index is 0.0260. The van der Waals surface area contributed by atoms with Crippen molar-refractivity contribution in [3.8, 4) is 11.5 Å². The number of sulfonamides is 1. The first-order chi connectivity index (χ1) is 13.4. The molecule has 0 spiro atoms. The SMILES string of the molecule is COc1ccc(NS(=O)(=O)c2cccc(N=Cc3cc(Cl)ccc3O)c2)cc1. The number of hydrogen-bond acceptors (Lipinski definition) is 5. The van der Waals surface area contributed by atoms with Crippen molar-refractivity contribution >= 4 is 39.2 Å². The number of nitrogens with zero attached hydrogens (tertiary/aromatic N) is 1. The van der Waals surface area contributed by atoms with Gasteiger partial charge in [0.05, 0.1) is 17.7 Å². The van der Waals surface area contributed by atoms with Crippen molar-refractivity contribution < 1.29 is 18.3 Å². The maximum Gasteiger partial charge on any atom is 0.261 e. The highest BCUT2D eigenvalue weighted by Gasteiger charge is 2.14. The van der Waals surface area contributed by atoms with Gasteiger partial charge in [0.25, 0.3) is 10.0 Å². The van der Waals surface area contributed by atoms with E-state index < -0.39 is 10.0 Å². The molecule has 0 heterocycles. The van der Waals surface area contributed by atoms with Gasteiger partial charge < -0.3 is 9.84 Å². The molecule has 0 saturated heterocycles. The third-order valence-electron chi connectivity index (χ3n) is 3.81. The van der Waals surface area contributed by atoms with Crippen LogP contribution in [0.15, 0.2) is 76.6 Å². The van der Waals surface area contributed by atoms with Crippen molar-refractivity contribution in [3.63, 3.8) is 0 Å². The summed E-state index contributed by atoms with van der Waals surface area (Å²) in [6, 6.07) is 17.3. The molecule has 0 aromatic heterocycles. The quantitative estimate of drug-likeness (QED) is 0.574. The molecule has 0 aliphatic carbocycles. The van der Waals surface area contributed by atoms with Crippen LogP contribution in [0.2, 0.25) is 5.02 Å². The Morgan fingerprint density at radius 1 is 1.07 bits per heavy atom. The highest BCUT2D eigenvalue weighted by atomic mass is 35.5. The number of ether oxygens (including phenoxy) is 1. The third-order valence-corrected chi connectivity index (χ3v) is 5.43. The Hall–Kier alpha value is -3.03. The van der Waals surface area contributed by atoms with Crippen molar-refractivity contribution in [2.24, 2.45) is 4.99 Å². The topological polar surface area (TPSA) is 88.0 Å². The summed E-state index contributed by atoms with van der Waals surface area (Å²) in [6.45, 7) is 0. The Morgan fingerprint density at radius 2 is 1.82 bits per heavy atom. The van der Waals surface area contributed by atoms with Gasteiger partial charge in [0.2, 0.25) is 0 Å². The standard InChI is InChI=1S/C20H17ClN2O4S/c1-27-18-8-6-16(7-9-18)23-28(25,26)19-4-2-3-17(12-19)22-13-14-11-15(21)5-10-20(14)24/h2-13,23-24H,1H3. The molecule has 3 aromatic rings. The van der Waals surface area contributed by atoms with Crippen LogP contribution in [0, 0.1) is 0 Å². The molecule has 2 N–H and O–H groups in total. The zero-order valence-electron chi connectivity index (χ0n) is 14.8. The van der Waals surface area contributed by atoms with Gasteiger partial charge in [-0.25, -0.2) is 8.42 Å². The minimum atomic E-state index is -3.79. The second kappa shape index (κ2) is 8.33. The fraction of sp³-hybridized carbons (Fsp3) is 0.0500. The van der Waals surface area contributed by atoms with E-state index in [0.717, 1.165) is 0 Å². The number of benzene rings is 3. The van der Waals surface area contributed by atoms with Crippen LogP contribution in [0.25, 0.3) is 0 Å². The van der Waals surface area contributed by atoms with Crippen LogP contribution in [0.1, 0.15) is 5.56 Å². The van der Waals surface area contributed by atoms with Gasteiger partial charge >= 0.3 is 0 Å². The van der Waals surface area contributed by atoms with Gasteiger partial charge in [0.15, 0.2) is 0 Å². The summed E-state index contributed by atoms with van der Waals surface area (Å²) in [7, 11) is -2.25. The number of nitrogens with one attached hydrogen (secondary N) is 1. The Morgan fingerprint density at radius 3 is 2.54 bits per heavy atom. The average Bonchev–Trinajstić information content (AvgIpc) is 2.69. The maximum absolute atomic E-state index is 12.6. The number of phenolic OH excluding ortho intramolecular Hbond substituents is 1. The average molecular weight is 417 g/mol. The molecular formula is C20H17ClN2O4S. The fourth-order valence-corrected chi connectivity index (χ4v) is 3.66. The number of aliphatic imine (C=N–C) groups is 1. The first-order valence-corrected chi connectivity index (χ1v) is 10.0. The lowest BCUT2D eigenvalue weighted by Gasteiger charge is -2.09. The predicted octanol–water partition coefficient (Wildman–Crippen LogP) is 4.61. The van der Waals surface area contributed by atoms with Crippen LogP contribution < -0.4 is 9.46 Å². The normalized spacial score (nSPS) is 11.5. The molecule has 28 heavy (non-hydrogen) atoms. The van der Waals surface area contributed by atoms with Gasteiger partial charge in [-0.05, 0) is 60.7 Å². The van der Waals surface area contributed by atoms with Crippen LogP contribution in [0.5, 0.6) is 11.5 Å². The number of anilines is 1. The lowest BCUT2D eigenvalue weighted by atomic mass is 10.2. The summed E-state index contributed by atoms with van der Waals surface area (Å²) in [6.07, 6.45) is 1.42. The van der Waals surface area contributed by atoms with Crippen LogP contribution in [-0.4, -0.2) is 26.8 Å². The zero-order chi connectivity index (χ0) is 20.1. The van der Waals surface area contributed by atoms with E-state index in [4.69, 9.17) is 16.3 Å². The molecule has 0 radical (unpaired) electrons. The van der Waals surface area contributed by atoms with Gasteiger partial charge in [-0.1, -0.05) is 17.7 Å². The van der Waals surface area contributed by atoms with Crippen molar-refractivity contribution in [2.75, 3.05) is 11.8 Å². The number of halogens is 1. The van der Waals surface area contributed by atoms with Crippen molar-refractivity contribution in [2.45, 2.75) is 4.90 Å². The molecule has 0 atom stereocenters. The molecular weight excluding hydrogens is 400 g/mol. The van der Waals surface area contributed by atoms with E-state index in [2.05, 4.69) is 9.71 Å². The van der Waals surface area contributed by atoms with Crippen LogP contribution >= 0.6 is 11.6 Å². The van der Waals surface area contributed by atoms with E-state index in [1.165, 1.54) is 31.5 Å². The summed E-state index contributed by atoms with van der Waals surface area (Å²) >= 11 is 5.91. The third kappa shape index (κ3) is 4.82. The summed E-state index contributed by atoms with van der Waals surface area (Å²) in [4.78, 5) is 4.29. The van der Waals surface area contributed by atoms with Crippen LogP contribution in [-0.2, 0) is 10.0 Å². The van der Waals surface area contributed by atoms with Crippen molar-refractivity contribution in [3.05, 3.63) is 77.3 Å². The second-order valence-corrected chi connectivity index (χ2v) is 7.91. The van der Waals surface area contributed by atoms with Gasteiger partial charge in [0.1, 0.15) is 11.5 Å². The molecule has 0 fully saturated rings. The van der Waals surface area contributed by atoms with E-state index in [1.54, 1.807) is 48.5 Å². The molecule has 0 amide bonds. The lowest BCUT2D eigenvalue weighted by molar-refractivity contribution is 0.415. The molecule has 8 heteroatoms. The molecule has 0 aliphatic heterocycles. The van der Waals surface area contributed by atoms with Gasteiger partial charge in [-0.3, -0.25) is 9.71 Å². The second-order valence-electron chi connectivity index (χ2n) is 5.79. The van der Waals surface area contributed by atoms with E-state index in [0.29, 0.717) is 27.7 Å². The first kappa shape index (κ1) is 19.7. The molecule has 3 aromatic carbocycles. The Kier molecular flexibility index (Phi) is 5.87. The van der Waals surface area contributed by atoms with Gasteiger partial charge in [-0.15, -0.1) is 0 Å². The molecule has 3 rings (SSSR count). The number of methoxy groups -OCH3 is 1. The Balaban J connectivity index is 1.83. The summed E-state index contributed by atoms with van der Waals surface area (Å²) in [5, 5.41) is 10.3. The molecule has 144 valence electrons. The molecule has 0 aliphatic rings. The molecule has 0 bridgehead atoms. The smallest absolute Gasteiger partial charge is 0.261 e. The Bertz CT molecular complexity index is 1110. The zero-order valence-corrected chi connectivity index (χ0v) is 16.4. The number of aromatic hydroxyl groups is 1. The Labute approximate surface area is 168 Å². The highest BCUT2D eigenvalue weighted by Crippen LogP contribution is 2.24. The monoisotopic (exact) mass is 416 g/mol. The van der Waals surface area contributed by atoms with E-state index in [9.17, 15) is 13.5 Å². The number of phenols is 1. The molecule has 0 saturated carbocycles. The first-order valence-electron chi connectivity index (χ1n) is 8.17. The predicted molar refractivity (Wildman–Crippen MR) is 111 cm³/mol. The van der Waals surface area contributed by atoms with Gasteiger partial charge in [-0.2, -0.15) is 0 Å². The lowest BCUT2D eigenvalue weighted by Crippen LogP contribution is -2.12. The number of rotatable bonds is 6. The fourth-order valence-electron chi connectivity index (χ4n) is 2.38. The summed E-state index contributed by atoms with van der Waals surface area (Å²) in [5.41, 5.74) is 1.26. The largest absolute Gasteiger partial charge is 0.507 e.